The van der Waals surface area contributed by atoms with E-state index in [0.29, 0.717) is 22.5 Å². The highest BCUT2D eigenvalue weighted by Gasteiger charge is 2.18. The average molecular weight is 444 g/mol. The highest BCUT2D eigenvalue weighted by atomic mass is 32.1. The number of nitrogens with zero attached hydrogens (tertiary/aromatic N) is 5. The zero-order valence-corrected chi connectivity index (χ0v) is 17.8. The van der Waals surface area contributed by atoms with Crippen molar-refractivity contribution >= 4 is 40.2 Å². The summed E-state index contributed by atoms with van der Waals surface area (Å²) in [6.45, 7) is 4.08. The van der Waals surface area contributed by atoms with E-state index in [9.17, 15) is 14.0 Å². The number of thiophene rings is 1. The molecule has 0 aromatic carbocycles. The van der Waals surface area contributed by atoms with Gasteiger partial charge in [0, 0.05) is 36.6 Å². The Morgan fingerprint density at radius 3 is 2.90 bits per heavy atom. The predicted molar refractivity (Wildman–Crippen MR) is 116 cm³/mol. The van der Waals surface area contributed by atoms with Crippen molar-refractivity contribution < 1.29 is 14.0 Å². The molecule has 0 unspecified atom stereocenters. The smallest absolute Gasteiger partial charge is 0.261 e. The van der Waals surface area contributed by atoms with E-state index in [1.807, 2.05) is 12.3 Å². The monoisotopic (exact) mass is 443 g/mol. The lowest BCUT2D eigenvalue weighted by Gasteiger charge is -2.20. The molecule has 11 heteroatoms. The molecule has 1 amide bonds. The van der Waals surface area contributed by atoms with Gasteiger partial charge in [0.1, 0.15) is 24.1 Å². The summed E-state index contributed by atoms with van der Waals surface area (Å²) >= 11 is 1.37. The first kappa shape index (κ1) is 22.3. The van der Waals surface area contributed by atoms with Crippen LogP contribution in [-0.2, 0) is 4.79 Å². The van der Waals surface area contributed by atoms with Crippen LogP contribution in [0.25, 0.3) is 5.65 Å². The molecule has 4 rings (SSSR count). The molecule has 3 aromatic rings. The number of aromatic nitrogens is 3. The van der Waals surface area contributed by atoms with E-state index in [2.05, 4.69) is 31.7 Å². The third-order valence-corrected chi connectivity index (χ3v) is 5.23. The maximum absolute atomic E-state index is 12.7. The van der Waals surface area contributed by atoms with Crippen LogP contribution in [0.1, 0.15) is 29.3 Å². The van der Waals surface area contributed by atoms with Crippen LogP contribution in [0.15, 0.2) is 29.2 Å². The molecule has 0 spiro atoms. The number of halogens is 1. The second kappa shape index (κ2) is 10.6. The maximum atomic E-state index is 12.7. The number of carbonyl (C=O) groups excluding carboxylic acids is 2. The van der Waals surface area contributed by atoms with Gasteiger partial charge >= 0.3 is 0 Å². The van der Waals surface area contributed by atoms with Crippen molar-refractivity contribution in [3.8, 4) is 6.07 Å². The number of rotatable bonds is 4. The minimum absolute atomic E-state index is 0.322. The Morgan fingerprint density at radius 1 is 1.35 bits per heavy atom. The van der Waals surface area contributed by atoms with Gasteiger partial charge in [-0.1, -0.05) is 0 Å². The summed E-state index contributed by atoms with van der Waals surface area (Å²) in [4.78, 5) is 29.0. The van der Waals surface area contributed by atoms with E-state index in [1.165, 1.54) is 24.5 Å². The van der Waals surface area contributed by atoms with E-state index < -0.39 is 12.5 Å². The van der Waals surface area contributed by atoms with Crippen molar-refractivity contribution in [3.05, 3.63) is 40.3 Å². The van der Waals surface area contributed by atoms with Crippen molar-refractivity contribution in [2.45, 2.75) is 13.3 Å². The Bertz CT molecular complexity index is 1100. The van der Waals surface area contributed by atoms with Crippen LogP contribution in [-0.4, -0.2) is 59.1 Å². The number of nitrogens with one attached hydrogen (secondary N) is 2. The summed E-state index contributed by atoms with van der Waals surface area (Å²) in [6.07, 6.45) is 4.37. The number of Topliss-reactive ketones (excluding diaryl/α,β-unsaturated/α-hetero) is 1. The molecule has 0 atom stereocenters. The molecular formula is C20H22FN7O2S. The van der Waals surface area contributed by atoms with E-state index >= 15 is 0 Å². The Hall–Kier alpha value is -3.36. The molecule has 0 saturated carbocycles. The number of alkyl halides is 1. The number of anilines is 2. The summed E-state index contributed by atoms with van der Waals surface area (Å²) in [5, 5.41) is 22.9. The van der Waals surface area contributed by atoms with Gasteiger partial charge in [-0.15, -0.1) is 11.3 Å². The first-order chi connectivity index (χ1) is 15.0. The van der Waals surface area contributed by atoms with Gasteiger partial charge in [0.05, 0.1) is 17.4 Å². The molecule has 1 aliphatic rings. The van der Waals surface area contributed by atoms with E-state index in [-0.39, 0.29) is 5.91 Å². The minimum Gasteiger partial charge on any atom is -0.355 e. The lowest BCUT2D eigenvalue weighted by Crippen LogP contribution is -2.28. The van der Waals surface area contributed by atoms with Gasteiger partial charge in [-0.3, -0.25) is 9.59 Å². The summed E-state index contributed by atoms with van der Waals surface area (Å²) in [5.41, 5.74) is 1.85. The number of nitriles is 1. The van der Waals surface area contributed by atoms with E-state index in [4.69, 9.17) is 5.26 Å². The Balaban J connectivity index is 0.000000491. The standard InChI is InChI=1S/C17H17N7OS.C3H5FO/c18-8-12-10-26-11-14(12)21-17(25)13-9-20-24-6-2-15(22-16(13)24)23-5-1-3-19-4-7-23;1-3(5)2-4/h2,6,9-11,19H,1,3-5,7H2,(H,21,25);2H2,1H3. The van der Waals surface area contributed by atoms with Gasteiger partial charge in [-0.05, 0) is 26.0 Å². The lowest BCUT2D eigenvalue weighted by atomic mass is 10.2. The summed E-state index contributed by atoms with van der Waals surface area (Å²) in [6, 6.07) is 3.98. The fraction of sp³-hybridized carbons (Fsp3) is 0.350. The molecule has 9 nitrogen and oxygen atoms in total. The Morgan fingerprint density at radius 2 is 2.16 bits per heavy atom. The van der Waals surface area contributed by atoms with Crippen molar-refractivity contribution in [2.75, 3.05) is 43.1 Å². The Kier molecular flexibility index (Phi) is 7.64. The Labute approximate surface area is 182 Å². The molecule has 0 radical (unpaired) electrons. The van der Waals surface area contributed by atoms with E-state index in [0.717, 1.165) is 38.4 Å². The molecule has 1 fully saturated rings. The topological polar surface area (TPSA) is 115 Å². The van der Waals surface area contributed by atoms with Gasteiger partial charge in [0.25, 0.3) is 5.91 Å². The summed E-state index contributed by atoms with van der Waals surface area (Å²) in [5.74, 6) is 0.103. The fourth-order valence-corrected chi connectivity index (χ4v) is 3.65. The number of carbonyl (C=O) groups is 2. The third-order valence-electron chi connectivity index (χ3n) is 4.48. The molecule has 0 bridgehead atoms. The van der Waals surface area contributed by atoms with Crippen LogP contribution in [0.3, 0.4) is 0 Å². The van der Waals surface area contributed by atoms with E-state index in [1.54, 1.807) is 15.3 Å². The second-order valence-corrected chi connectivity index (χ2v) is 7.55. The normalized spacial score (nSPS) is 13.6. The van der Waals surface area contributed by atoms with Crippen LogP contribution in [0.2, 0.25) is 0 Å². The predicted octanol–water partition coefficient (Wildman–Crippen LogP) is 2.26. The van der Waals surface area contributed by atoms with Gasteiger partial charge in [0.15, 0.2) is 11.4 Å². The van der Waals surface area contributed by atoms with Gasteiger partial charge in [-0.25, -0.2) is 13.9 Å². The number of amides is 1. The second-order valence-electron chi connectivity index (χ2n) is 6.80. The molecule has 2 N–H and O–H groups in total. The largest absolute Gasteiger partial charge is 0.355 e. The molecule has 0 aliphatic carbocycles. The summed E-state index contributed by atoms with van der Waals surface area (Å²) in [7, 11) is 0. The molecule has 1 saturated heterocycles. The van der Waals surface area contributed by atoms with Crippen LogP contribution in [0, 0.1) is 11.3 Å². The molecule has 162 valence electrons. The molecule has 31 heavy (non-hydrogen) atoms. The van der Waals surface area contributed by atoms with Gasteiger partial charge in [0.2, 0.25) is 0 Å². The van der Waals surface area contributed by atoms with Gasteiger partial charge < -0.3 is 15.5 Å². The first-order valence-corrected chi connectivity index (χ1v) is 10.6. The lowest BCUT2D eigenvalue weighted by molar-refractivity contribution is -0.117. The maximum Gasteiger partial charge on any atom is 0.261 e. The third kappa shape index (κ3) is 5.62. The number of fused-ring (bicyclic) bond motifs is 1. The highest BCUT2D eigenvalue weighted by Crippen LogP contribution is 2.22. The van der Waals surface area contributed by atoms with Crippen LogP contribution in [0.5, 0.6) is 0 Å². The van der Waals surface area contributed by atoms with Crippen molar-refractivity contribution in [3.63, 3.8) is 0 Å². The van der Waals surface area contributed by atoms with Crippen LogP contribution >= 0.6 is 11.3 Å². The molecule has 3 aromatic heterocycles. The first-order valence-electron chi connectivity index (χ1n) is 9.66. The highest BCUT2D eigenvalue weighted by molar-refractivity contribution is 7.08. The van der Waals surface area contributed by atoms with Crippen LogP contribution in [0.4, 0.5) is 15.9 Å². The fourth-order valence-electron chi connectivity index (χ4n) is 2.94. The molecule has 1 aliphatic heterocycles. The van der Waals surface area contributed by atoms with Crippen LogP contribution < -0.4 is 15.5 Å². The SMILES string of the molecule is CC(=O)CF.N#Cc1cscc1NC(=O)c1cnn2ccc(N3CCCNCC3)nc12. The van der Waals surface area contributed by atoms with Crippen molar-refractivity contribution in [1.82, 2.24) is 19.9 Å². The molecule has 4 heterocycles. The van der Waals surface area contributed by atoms with Crippen molar-refractivity contribution in [2.24, 2.45) is 0 Å². The van der Waals surface area contributed by atoms with Gasteiger partial charge in [-0.2, -0.15) is 10.4 Å². The summed E-state index contributed by atoms with van der Waals surface area (Å²) < 4.78 is 12.4. The minimum atomic E-state index is -0.833. The number of ketones is 1. The number of hydrogen-bond acceptors (Lipinski definition) is 8. The zero-order chi connectivity index (χ0) is 22.2. The quantitative estimate of drug-likeness (QED) is 0.635. The molecular weight excluding hydrogens is 421 g/mol. The number of hydrogen-bond donors (Lipinski definition) is 2. The van der Waals surface area contributed by atoms with Crippen molar-refractivity contribution in [1.29, 1.82) is 5.26 Å². The zero-order valence-electron chi connectivity index (χ0n) is 17.0. The average Bonchev–Trinajstić information content (AvgIpc) is 3.31.